The molecule has 0 radical (unpaired) electrons. The van der Waals surface area contributed by atoms with Crippen molar-refractivity contribution in [2.75, 3.05) is 7.11 Å². The number of ether oxygens (including phenoxy) is 1. The zero-order chi connectivity index (χ0) is 16.9. The summed E-state index contributed by atoms with van der Waals surface area (Å²) in [5.74, 6) is -0.198. The number of hydrogen-bond acceptors (Lipinski definition) is 3. The van der Waals surface area contributed by atoms with Crippen LogP contribution in [0.1, 0.15) is 22.0 Å². The van der Waals surface area contributed by atoms with Crippen LogP contribution >= 0.6 is 0 Å². The SMILES string of the molecule is COc1ccc(C(NNC(=O)c2ccccc2)C(F)(F)F)cc1. The van der Waals surface area contributed by atoms with Gasteiger partial charge in [0.25, 0.3) is 5.91 Å². The van der Waals surface area contributed by atoms with Crippen molar-refractivity contribution in [1.29, 1.82) is 0 Å². The molecule has 2 rings (SSSR count). The third kappa shape index (κ3) is 4.46. The van der Waals surface area contributed by atoms with Crippen molar-refractivity contribution in [2.45, 2.75) is 12.2 Å². The zero-order valence-electron chi connectivity index (χ0n) is 12.2. The first kappa shape index (κ1) is 16.8. The van der Waals surface area contributed by atoms with Gasteiger partial charge >= 0.3 is 6.18 Å². The predicted octanol–water partition coefficient (Wildman–Crippen LogP) is 3.23. The second-order valence-corrected chi connectivity index (χ2v) is 4.71. The first-order valence-corrected chi connectivity index (χ1v) is 6.73. The van der Waals surface area contributed by atoms with E-state index >= 15 is 0 Å². The predicted molar refractivity (Wildman–Crippen MR) is 78.8 cm³/mol. The number of rotatable bonds is 5. The van der Waals surface area contributed by atoms with Crippen LogP contribution in [-0.2, 0) is 0 Å². The summed E-state index contributed by atoms with van der Waals surface area (Å²) in [4.78, 5) is 11.8. The Kier molecular flexibility index (Phi) is 5.23. The van der Waals surface area contributed by atoms with Crippen molar-refractivity contribution < 1.29 is 22.7 Å². The number of amides is 1. The average molecular weight is 324 g/mol. The Labute approximate surface area is 131 Å². The van der Waals surface area contributed by atoms with Gasteiger partial charge in [-0.2, -0.15) is 13.2 Å². The van der Waals surface area contributed by atoms with Gasteiger partial charge in [-0.05, 0) is 29.8 Å². The molecule has 0 aliphatic heterocycles. The molecule has 0 heterocycles. The highest BCUT2D eigenvalue weighted by atomic mass is 19.4. The molecule has 7 heteroatoms. The van der Waals surface area contributed by atoms with Crippen molar-refractivity contribution in [3.63, 3.8) is 0 Å². The molecule has 1 atom stereocenters. The first-order chi connectivity index (χ1) is 10.9. The van der Waals surface area contributed by atoms with Crippen molar-refractivity contribution in [3.05, 3.63) is 65.7 Å². The summed E-state index contributed by atoms with van der Waals surface area (Å²) in [7, 11) is 1.43. The van der Waals surface area contributed by atoms with Crippen LogP contribution in [0.3, 0.4) is 0 Å². The lowest BCUT2D eigenvalue weighted by molar-refractivity contribution is -0.159. The van der Waals surface area contributed by atoms with Crippen molar-refractivity contribution in [1.82, 2.24) is 10.9 Å². The smallest absolute Gasteiger partial charge is 0.409 e. The normalized spacial score (nSPS) is 12.5. The molecule has 0 fully saturated rings. The van der Waals surface area contributed by atoms with E-state index in [1.54, 1.807) is 18.2 Å². The van der Waals surface area contributed by atoms with Crippen LogP contribution in [0.4, 0.5) is 13.2 Å². The Balaban J connectivity index is 2.11. The third-order valence-corrected chi connectivity index (χ3v) is 3.14. The Morgan fingerprint density at radius 3 is 2.17 bits per heavy atom. The average Bonchev–Trinajstić information content (AvgIpc) is 2.55. The van der Waals surface area contributed by atoms with Crippen LogP contribution in [0, 0.1) is 0 Å². The molecule has 0 saturated heterocycles. The van der Waals surface area contributed by atoms with E-state index in [-0.39, 0.29) is 11.1 Å². The van der Waals surface area contributed by atoms with Crippen molar-refractivity contribution in [3.8, 4) is 5.75 Å². The minimum atomic E-state index is -4.57. The highest BCUT2D eigenvalue weighted by Gasteiger charge is 2.41. The molecule has 2 aromatic rings. The van der Waals surface area contributed by atoms with Gasteiger partial charge < -0.3 is 4.74 Å². The van der Waals surface area contributed by atoms with Crippen LogP contribution in [0.2, 0.25) is 0 Å². The monoisotopic (exact) mass is 324 g/mol. The molecule has 122 valence electrons. The number of methoxy groups -OCH3 is 1. The molecule has 0 spiro atoms. The molecule has 1 amide bonds. The number of nitrogens with one attached hydrogen (secondary N) is 2. The quantitative estimate of drug-likeness (QED) is 0.830. The van der Waals surface area contributed by atoms with E-state index in [0.29, 0.717) is 5.75 Å². The Morgan fingerprint density at radius 1 is 1.04 bits per heavy atom. The van der Waals surface area contributed by atoms with Gasteiger partial charge in [-0.3, -0.25) is 10.2 Å². The van der Waals surface area contributed by atoms with E-state index in [4.69, 9.17) is 4.74 Å². The molecule has 2 aromatic carbocycles. The van der Waals surface area contributed by atoms with Gasteiger partial charge in [0.1, 0.15) is 11.8 Å². The summed E-state index contributed by atoms with van der Waals surface area (Å²) >= 11 is 0. The zero-order valence-corrected chi connectivity index (χ0v) is 12.2. The van der Waals surface area contributed by atoms with Crippen LogP contribution in [-0.4, -0.2) is 19.2 Å². The third-order valence-electron chi connectivity index (χ3n) is 3.14. The van der Waals surface area contributed by atoms with Gasteiger partial charge in [-0.25, -0.2) is 5.43 Å². The van der Waals surface area contributed by atoms with Crippen LogP contribution in [0.15, 0.2) is 54.6 Å². The molecule has 23 heavy (non-hydrogen) atoms. The van der Waals surface area contributed by atoms with Crippen LogP contribution < -0.4 is 15.6 Å². The maximum atomic E-state index is 13.2. The van der Waals surface area contributed by atoms with Gasteiger partial charge in [-0.1, -0.05) is 30.3 Å². The first-order valence-electron chi connectivity index (χ1n) is 6.73. The highest BCUT2D eigenvalue weighted by molar-refractivity contribution is 5.93. The fourth-order valence-corrected chi connectivity index (χ4v) is 1.95. The lowest BCUT2D eigenvalue weighted by atomic mass is 10.1. The van der Waals surface area contributed by atoms with Crippen LogP contribution in [0.5, 0.6) is 5.75 Å². The molecule has 0 saturated carbocycles. The lowest BCUT2D eigenvalue weighted by Crippen LogP contribution is -2.45. The summed E-state index contributed by atoms with van der Waals surface area (Å²) in [6.45, 7) is 0. The summed E-state index contributed by atoms with van der Waals surface area (Å²) in [6.07, 6.45) is -4.57. The molecule has 4 nitrogen and oxygen atoms in total. The van der Waals surface area contributed by atoms with Gasteiger partial charge in [0, 0.05) is 5.56 Å². The standard InChI is InChI=1S/C16H15F3N2O2/c1-23-13-9-7-11(8-10-13)14(16(17,18)19)20-21-15(22)12-5-3-2-4-6-12/h2-10,14,20H,1H3,(H,21,22). The van der Waals surface area contributed by atoms with E-state index in [9.17, 15) is 18.0 Å². The maximum Gasteiger partial charge on any atom is 0.409 e. The number of halogens is 3. The van der Waals surface area contributed by atoms with Gasteiger partial charge in [-0.15, -0.1) is 0 Å². The molecule has 0 bridgehead atoms. The Bertz CT molecular complexity index is 643. The number of hydrogen-bond donors (Lipinski definition) is 2. The van der Waals surface area contributed by atoms with E-state index in [2.05, 4.69) is 5.43 Å². The topological polar surface area (TPSA) is 50.4 Å². The largest absolute Gasteiger partial charge is 0.497 e. The molecular weight excluding hydrogens is 309 g/mol. The van der Waals surface area contributed by atoms with Gasteiger partial charge in [0.05, 0.1) is 7.11 Å². The minimum Gasteiger partial charge on any atom is -0.497 e. The fourth-order valence-electron chi connectivity index (χ4n) is 1.95. The number of benzene rings is 2. The summed E-state index contributed by atoms with van der Waals surface area (Å²) in [6, 6.07) is 11.4. The number of hydrazine groups is 1. The number of carbonyl (C=O) groups excluding carboxylic acids is 1. The summed E-state index contributed by atoms with van der Waals surface area (Å²) < 4.78 is 44.5. The highest BCUT2D eigenvalue weighted by Crippen LogP contribution is 2.32. The number of carbonyl (C=O) groups is 1. The van der Waals surface area contributed by atoms with E-state index in [1.165, 1.54) is 43.5 Å². The van der Waals surface area contributed by atoms with E-state index in [1.807, 2.05) is 5.43 Å². The molecule has 0 aliphatic rings. The van der Waals surface area contributed by atoms with E-state index in [0.717, 1.165) is 0 Å². The molecular formula is C16H15F3N2O2. The van der Waals surface area contributed by atoms with Crippen molar-refractivity contribution >= 4 is 5.91 Å². The Hall–Kier alpha value is -2.54. The molecule has 0 aromatic heterocycles. The molecule has 1 unspecified atom stereocenters. The second-order valence-electron chi connectivity index (χ2n) is 4.71. The maximum absolute atomic E-state index is 13.2. The minimum absolute atomic E-state index is 0.0355. The number of alkyl halides is 3. The van der Waals surface area contributed by atoms with E-state index < -0.39 is 18.1 Å². The second kappa shape index (κ2) is 7.15. The van der Waals surface area contributed by atoms with Gasteiger partial charge in [0.2, 0.25) is 0 Å². The molecule has 0 aliphatic carbocycles. The lowest BCUT2D eigenvalue weighted by Gasteiger charge is -2.22. The summed E-state index contributed by atoms with van der Waals surface area (Å²) in [5.41, 5.74) is 4.36. The fraction of sp³-hybridized carbons (Fsp3) is 0.188. The summed E-state index contributed by atoms with van der Waals surface area (Å²) in [5, 5.41) is 0. The van der Waals surface area contributed by atoms with Crippen LogP contribution in [0.25, 0.3) is 0 Å². The molecule has 2 N–H and O–H groups in total. The Morgan fingerprint density at radius 2 is 1.65 bits per heavy atom. The van der Waals surface area contributed by atoms with Crippen molar-refractivity contribution in [2.24, 2.45) is 0 Å². The van der Waals surface area contributed by atoms with Gasteiger partial charge in [0.15, 0.2) is 0 Å².